The summed E-state index contributed by atoms with van der Waals surface area (Å²) in [5.74, 6) is -0.371. The van der Waals surface area contributed by atoms with Crippen LogP contribution in [0, 0.1) is 27.7 Å². The molecule has 36 heavy (non-hydrogen) atoms. The molecule has 8 heteroatoms. The molecule has 2 heterocycles. The van der Waals surface area contributed by atoms with E-state index in [9.17, 15) is 4.79 Å². The number of hydrogen-bond acceptors (Lipinski definition) is 5. The SMILES string of the molecule is CCOC(=O)c1c(NC(=S)Nc2c(C)nn(Cc3ccccc3C)c2C)sc(C)c1-c1ccccc1. The first-order chi connectivity index (χ1) is 17.3. The summed E-state index contributed by atoms with van der Waals surface area (Å²) in [7, 11) is 0. The molecule has 2 aromatic heterocycles. The van der Waals surface area contributed by atoms with E-state index in [0.29, 0.717) is 28.8 Å². The quantitative estimate of drug-likeness (QED) is 0.205. The van der Waals surface area contributed by atoms with Crippen LogP contribution in [-0.2, 0) is 11.3 Å². The van der Waals surface area contributed by atoms with Crippen LogP contribution in [0.4, 0.5) is 10.7 Å². The van der Waals surface area contributed by atoms with Crippen molar-refractivity contribution in [3.05, 3.63) is 87.6 Å². The number of benzene rings is 2. The van der Waals surface area contributed by atoms with Crippen molar-refractivity contribution in [2.75, 3.05) is 17.2 Å². The van der Waals surface area contributed by atoms with Gasteiger partial charge in [-0.25, -0.2) is 4.79 Å². The molecular formula is C28H30N4O2S2. The van der Waals surface area contributed by atoms with E-state index in [-0.39, 0.29) is 5.97 Å². The second-order valence-electron chi connectivity index (χ2n) is 8.53. The number of thiocarbonyl (C=S) groups is 1. The highest BCUT2D eigenvalue weighted by molar-refractivity contribution is 7.80. The number of carbonyl (C=O) groups excluding carboxylic acids is 1. The predicted molar refractivity (Wildman–Crippen MR) is 152 cm³/mol. The van der Waals surface area contributed by atoms with E-state index in [1.807, 2.05) is 67.9 Å². The van der Waals surface area contributed by atoms with E-state index in [2.05, 4.69) is 29.7 Å². The minimum atomic E-state index is -0.371. The number of esters is 1. The molecule has 2 N–H and O–H groups in total. The van der Waals surface area contributed by atoms with E-state index in [4.69, 9.17) is 22.1 Å². The second-order valence-corrected chi connectivity index (χ2v) is 10.2. The fraction of sp³-hybridized carbons (Fsp3) is 0.250. The fourth-order valence-electron chi connectivity index (χ4n) is 4.21. The summed E-state index contributed by atoms with van der Waals surface area (Å²) < 4.78 is 7.38. The van der Waals surface area contributed by atoms with E-state index < -0.39 is 0 Å². The zero-order chi connectivity index (χ0) is 25.8. The molecule has 0 atom stereocenters. The smallest absolute Gasteiger partial charge is 0.341 e. The molecule has 0 amide bonds. The lowest BCUT2D eigenvalue weighted by atomic mass is 10.0. The van der Waals surface area contributed by atoms with Gasteiger partial charge in [-0.05, 0) is 63.5 Å². The Morgan fingerprint density at radius 1 is 1.03 bits per heavy atom. The molecule has 0 fully saturated rings. The van der Waals surface area contributed by atoms with Gasteiger partial charge in [-0.3, -0.25) is 4.68 Å². The number of rotatable bonds is 7. The van der Waals surface area contributed by atoms with Crippen molar-refractivity contribution in [1.82, 2.24) is 9.78 Å². The maximum Gasteiger partial charge on any atom is 0.341 e. The Morgan fingerprint density at radius 2 is 1.72 bits per heavy atom. The number of thiophene rings is 1. The third-order valence-corrected chi connectivity index (χ3v) is 7.28. The van der Waals surface area contributed by atoms with Gasteiger partial charge in [0.15, 0.2) is 5.11 Å². The van der Waals surface area contributed by atoms with E-state index in [1.165, 1.54) is 22.5 Å². The largest absolute Gasteiger partial charge is 0.462 e. The number of aromatic nitrogens is 2. The van der Waals surface area contributed by atoms with Gasteiger partial charge in [-0.15, -0.1) is 11.3 Å². The van der Waals surface area contributed by atoms with E-state index in [1.54, 1.807) is 6.92 Å². The van der Waals surface area contributed by atoms with Crippen LogP contribution in [0.25, 0.3) is 11.1 Å². The Bertz CT molecular complexity index is 1410. The van der Waals surface area contributed by atoms with Crippen molar-refractivity contribution in [2.24, 2.45) is 0 Å². The lowest BCUT2D eigenvalue weighted by molar-refractivity contribution is 0.0529. The van der Waals surface area contributed by atoms with Crippen LogP contribution in [0.3, 0.4) is 0 Å². The van der Waals surface area contributed by atoms with Gasteiger partial charge < -0.3 is 15.4 Å². The van der Waals surface area contributed by atoms with E-state index in [0.717, 1.165) is 33.1 Å². The number of anilines is 2. The first kappa shape index (κ1) is 25.6. The molecule has 0 saturated heterocycles. The molecule has 0 aliphatic heterocycles. The molecule has 4 aromatic rings. The highest BCUT2D eigenvalue weighted by atomic mass is 32.1. The van der Waals surface area contributed by atoms with Crippen molar-refractivity contribution in [3.63, 3.8) is 0 Å². The van der Waals surface area contributed by atoms with Crippen LogP contribution in [0.15, 0.2) is 54.6 Å². The number of hydrogen-bond donors (Lipinski definition) is 2. The van der Waals surface area contributed by atoms with Gasteiger partial charge in [-0.2, -0.15) is 5.10 Å². The normalized spacial score (nSPS) is 10.8. The number of aryl methyl sites for hydroxylation is 3. The summed E-state index contributed by atoms with van der Waals surface area (Å²) in [6.45, 7) is 10.9. The fourth-order valence-corrected chi connectivity index (χ4v) is 5.55. The zero-order valence-corrected chi connectivity index (χ0v) is 22.8. The van der Waals surface area contributed by atoms with Gasteiger partial charge in [0.1, 0.15) is 10.6 Å². The standard InChI is InChI=1S/C28H30N4O2S2/c1-6-34-27(33)24-23(21-13-8-7-9-14-21)20(5)36-26(24)30-28(35)29-25-18(3)31-32(19(25)4)16-22-15-11-10-12-17(22)2/h7-15H,6,16H2,1-5H3,(H2,29,30,35). The summed E-state index contributed by atoms with van der Waals surface area (Å²) >= 11 is 7.16. The van der Waals surface area contributed by atoms with E-state index >= 15 is 0 Å². The first-order valence-corrected chi connectivity index (χ1v) is 13.0. The Kier molecular flexibility index (Phi) is 7.86. The molecule has 4 rings (SSSR count). The molecule has 2 aromatic carbocycles. The highest BCUT2D eigenvalue weighted by Crippen LogP contribution is 2.40. The molecule has 0 spiro atoms. The minimum absolute atomic E-state index is 0.294. The molecule has 0 bridgehead atoms. The molecule has 0 aliphatic carbocycles. The topological polar surface area (TPSA) is 68.2 Å². The third kappa shape index (κ3) is 5.34. The van der Waals surface area contributed by atoms with Crippen LogP contribution in [0.2, 0.25) is 0 Å². The van der Waals surface area contributed by atoms with Gasteiger partial charge in [0, 0.05) is 10.4 Å². The lowest BCUT2D eigenvalue weighted by Crippen LogP contribution is -2.21. The summed E-state index contributed by atoms with van der Waals surface area (Å²) in [6.07, 6.45) is 0. The minimum Gasteiger partial charge on any atom is -0.462 e. The summed E-state index contributed by atoms with van der Waals surface area (Å²) in [5.41, 5.74) is 7.46. The van der Waals surface area contributed by atoms with Crippen molar-refractivity contribution >= 4 is 45.3 Å². The molecule has 0 aliphatic rings. The third-order valence-electron chi connectivity index (χ3n) is 6.05. The monoisotopic (exact) mass is 518 g/mol. The zero-order valence-electron chi connectivity index (χ0n) is 21.1. The summed E-state index contributed by atoms with van der Waals surface area (Å²) in [5, 5.41) is 12.3. The summed E-state index contributed by atoms with van der Waals surface area (Å²) in [6, 6.07) is 18.2. The maximum atomic E-state index is 13.0. The van der Waals surface area contributed by atoms with Crippen LogP contribution in [0.1, 0.15) is 44.7 Å². The van der Waals surface area contributed by atoms with Gasteiger partial charge in [0.05, 0.1) is 30.2 Å². The molecule has 0 radical (unpaired) electrons. The van der Waals surface area contributed by atoms with Gasteiger partial charge in [-0.1, -0.05) is 54.6 Å². The number of nitrogens with zero attached hydrogens (tertiary/aromatic N) is 2. The van der Waals surface area contributed by atoms with Gasteiger partial charge in [0.2, 0.25) is 0 Å². The van der Waals surface area contributed by atoms with Crippen molar-refractivity contribution in [2.45, 2.75) is 41.2 Å². The van der Waals surface area contributed by atoms with Crippen LogP contribution >= 0.6 is 23.6 Å². The number of nitrogens with one attached hydrogen (secondary N) is 2. The first-order valence-electron chi connectivity index (χ1n) is 11.8. The van der Waals surface area contributed by atoms with Crippen LogP contribution in [0.5, 0.6) is 0 Å². The average molecular weight is 519 g/mol. The van der Waals surface area contributed by atoms with Gasteiger partial charge in [0.25, 0.3) is 0 Å². The van der Waals surface area contributed by atoms with Crippen molar-refractivity contribution in [1.29, 1.82) is 0 Å². The van der Waals surface area contributed by atoms with Crippen LogP contribution < -0.4 is 10.6 Å². The average Bonchev–Trinajstić information content (AvgIpc) is 3.31. The summed E-state index contributed by atoms with van der Waals surface area (Å²) in [4.78, 5) is 14.0. The predicted octanol–water partition coefficient (Wildman–Crippen LogP) is 6.88. The number of carbonyl (C=O) groups is 1. The van der Waals surface area contributed by atoms with Crippen molar-refractivity contribution < 1.29 is 9.53 Å². The molecule has 0 saturated carbocycles. The Hall–Kier alpha value is -3.49. The Labute approximate surface area is 221 Å². The Morgan fingerprint density at radius 3 is 2.42 bits per heavy atom. The van der Waals surface area contributed by atoms with Crippen LogP contribution in [-0.4, -0.2) is 27.5 Å². The van der Waals surface area contributed by atoms with Crippen molar-refractivity contribution in [3.8, 4) is 11.1 Å². The molecule has 0 unspecified atom stereocenters. The maximum absolute atomic E-state index is 13.0. The molecular weight excluding hydrogens is 488 g/mol. The second kappa shape index (κ2) is 11.1. The van der Waals surface area contributed by atoms with Gasteiger partial charge >= 0.3 is 5.97 Å². The highest BCUT2D eigenvalue weighted by Gasteiger charge is 2.25. The lowest BCUT2D eigenvalue weighted by Gasteiger charge is -2.13. The number of ether oxygens (including phenoxy) is 1. The Balaban J connectivity index is 1.60. The molecule has 186 valence electrons. The molecule has 6 nitrogen and oxygen atoms in total.